The van der Waals surface area contributed by atoms with E-state index in [1.165, 1.54) is 36.7 Å². The van der Waals surface area contributed by atoms with Crippen LogP contribution in [-0.2, 0) is 22.4 Å². The molecule has 162 valence electrons. The molecule has 1 unspecified atom stereocenters. The zero-order chi connectivity index (χ0) is 22.5. The number of esters is 1. The molecule has 1 heterocycles. The first-order chi connectivity index (χ1) is 14.9. The highest BCUT2D eigenvalue weighted by Crippen LogP contribution is 2.40. The number of carbonyl (C=O) groups is 2. The molecule has 8 heteroatoms. The van der Waals surface area contributed by atoms with Crippen LogP contribution in [0.2, 0.25) is 0 Å². The molecule has 3 rings (SSSR count). The summed E-state index contributed by atoms with van der Waals surface area (Å²) in [7, 11) is 1.41. The van der Waals surface area contributed by atoms with Gasteiger partial charge in [-0.3, -0.25) is 4.79 Å². The molecule has 1 atom stereocenters. The van der Waals surface area contributed by atoms with Crippen LogP contribution in [0.5, 0.6) is 11.5 Å². The normalized spacial score (nSPS) is 15.5. The maximum atomic E-state index is 12.9. The summed E-state index contributed by atoms with van der Waals surface area (Å²) in [5, 5.41) is 22.4. The molecule has 2 aromatic rings. The van der Waals surface area contributed by atoms with Crippen LogP contribution < -0.4 is 10.1 Å². The van der Waals surface area contributed by atoms with Crippen molar-refractivity contribution in [2.24, 2.45) is 5.92 Å². The van der Waals surface area contributed by atoms with Crippen molar-refractivity contribution >= 4 is 34.3 Å². The Kier molecular flexibility index (Phi) is 6.98. The van der Waals surface area contributed by atoms with Gasteiger partial charge in [0.1, 0.15) is 16.6 Å². The third kappa shape index (κ3) is 4.89. The number of nitrogens with one attached hydrogen (secondary N) is 1. The van der Waals surface area contributed by atoms with E-state index < -0.39 is 11.9 Å². The third-order valence-electron chi connectivity index (χ3n) is 5.10. The number of anilines is 1. The van der Waals surface area contributed by atoms with Crippen molar-refractivity contribution < 1.29 is 24.2 Å². The Morgan fingerprint density at radius 2 is 2.19 bits per heavy atom. The summed E-state index contributed by atoms with van der Waals surface area (Å²) in [5.74, 6) is -0.387. The fraction of sp³-hybridized carbons (Fsp3) is 0.348. The number of phenolic OH excluding ortho intramolecular Hbond substituents is 1. The molecule has 1 aliphatic carbocycles. The zero-order valence-electron chi connectivity index (χ0n) is 17.7. The van der Waals surface area contributed by atoms with E-state index in [1.54, 1.807) is 13.0 Å². The number of fused-ring (bicyclic) bond motifs is 1. The van der Waals surface area contributed by atoms with Crippen molar-refractivity contribution in [1.29, 1.82) is 5.26 Å². The molecule has 7 nitrogen and oxygen atoms in total. The SMILES string of the molecule is CCOC(=O)c1c(NC(=O)/C(C#N)=C\c2ccc(O)c(OC)c2)sc2c1CCC(C)C2. The van der Waals surface area contributed by atoms with E-state index >= 15 is 0 Å². The van der Waals surface area contributed by atoms with Gasteiger partial charge in [0.25, 0.3) is 5.91 Å². The van der Waals surface area contributed by atoms with E-state index in [0.717, 1.165) is 29.7 Å². The highest BCUT2D eigenvalue weighted by Gasteiger charge is 2.29. The van der Waals surface area contributed by atoms with Crippen LogP contribution in [-0.4, -0.2) is 30.7 Å². The number of nitrogens with zero attached hydrogens (tertiary/aromatic N) is 1. The lowest BCUT2D eigenvalue weighted by Crippen LogP contribution is -2.17. The predicted molar refractivity (Wildman–Crippen MR) is 118 cm³/mol. The standard InChI is InChI=1S/C23H24N2O5S/c1-4-30-23(28)20-16-7-5-13(2)9-19(16)31-22(20)25-21(27)15(12-24)10-14-6-8-17(26)18(11-14)29-3/h6,8,10-11,13,26H,4-5,7,9H2,1-3H3,(H,25,27)/b15-10-. The second kappa shape index (κ2) is 9.67. The molecular formula is C23H24N2O5S. The van der Waals surface area contributed by atoms with Crippen molar-refractivity contribution in [3.63, 3.8) is 0 Å². The molecule has 0 saturated heterocycles. The molecule has 31 heavy (non-hydrogen) atoms. The Bertz CT molecular complexity index is 1080. The first-order valence-corrected chi connectivity index (χ1v) is 10.8. The Balaban J connectivity index is 1.93. The highest BCUT2D eigenvalue weighted by molar-refractivity contribution is 7.17. The molecule has 0 aliphatic heterocycles. The molecular weight excluding hydrogens is 416 g/mol. The predicted octanol–water partition coefficient (Wildman–Crippen LogP) is 4.31. The number of ether oxygens (including phenoxy) is 2. The summed E-state index contributed by atoms with van der Waals surface area (Å²) in [5.41, 5.74) is 1.71. The fourth-order valence-electron chi connectivity index (χ4n) is 3.53. The van der Waals surface area contributed by atoms with Gasteiger partial charge in [-0.05, 0) is 61.4 Å². The molecule has 0 spiro atoms. The number of methoxy groups -OCH3 is 1. The van der Waals surface area contributed by atoms with Crippen molar-refractivity contribution in [1.82, 2.24) is 0 Å². The van der Waals surface area contributed by atoms with Gasteiger partial charge in [0.2, 0.25) is 0 Å². The van der Waals surface area contributed by atoms with Crippen LogP contribution in [0.15, 0.2) is 23.8 Å². The molecule has 0 radical (unpaired) electrons. The first kappa shape index (κ1) is 22.4. The Hall–Kier alpha value is -3.31. The van der Waals surface area contributed by atoms with Gasteiger partial charge in [-0.2, -0.15) is 5.26 Å². The fourth-order valence-corrected chi connectivity index (χ4v) is 4.92. The summed E-state index contributed by atoms with van der Waals surface area (Å²) < 4.78 is 10.3. The van der Waals surface area contributed by atoms with Crippen molar-refractivity contribution in [3.05, 3.63) is 45.3 Å². The summed E-state index contributed by atoms with van der Waals surface area (Å²) in [6, 6.07) is 6.41. The number of thiophene rings is 1. The number of benzene rings is 1. The smallest absolute Gasteiger partial charge is 0.341 e. The lowest BCUT2D eigenvalue weighted by molar-refractivity contribution is -0.112. The summed E-state index contributed by atoms with van der Waals surface area (Å²) in [6.07, 6.45) is 3.97. The molecule has 0 saturated carbocycles. The van der Waals surface area contributed by atoms with Gasteiger partial charge in [0, 0.05) is 4.88 Å². The van der Waals surface area contributed by atoms with E-state index in [1.807, 2.05) is 6.07 Å². The number of phenols is 1. The molecule has 0 fully saturated rings. The van der Waals surface area contributed by atoms with Crippen LogP contribution in [0.1, 0.15) is 46.6 Å². The second-order valence-corrected chi connectivity index (χ2v) is 8.44. The van der Waals surface area contributed by atoms with Crippen LogP contribution in [0.4, 0.5) is 5.00 Å². The average Bonchev–Trinajstić information content (AvgIpc) is 3.09. The zero-order valence-corrected chi connectivity index (χ0v) is 18.5. The van der Waals surface area contributed by atoms with E-state index in [2.05, 4.69) is 12.2 Å². The minimum Gasteiger partial charge on any atom is -0.504 e. The average molecular weight is 441 g/mol. The molecule has 1 aromatic heterocycles. The number of amides is 1. The Morgan fingerprint density at radius 1 is 1.42 bits per heavy atom. The largest absolute Gasteiger partial charge is 0.504 e. The van der Waals surface area contributed by atoms with Crippen molar-refractivity contribution in [2.45, 2.75) is 33.1 Å². The van der Waals surface area contributed by atoms with Gasteiger partial charge in [-0.15, -0.1) is 11.3 Å². The number of hydrogen-bond acceptors (Lipinski definition) is 7. The summed E-state index contributed by atoms with van der Waals surface area (Å²) >= 11 is 1.37. The van der Waals surface area contributed by atoms with Gasteiger partial charge in [-0.1, -0.05) is 13.0 Å². The van der Waals surface area contributed by atoms with Crippen LogP contribution in [0.3, 0.4) is 0 Å². The molecule has 1 amide bonds. The number of carbonyl (C=O) groups excluding carboxylic acids is 2. The van der Waals surface area contributed by atoms with Crippen molar-refractivity contribution in [2.75, 3.05) is 19.0 Å². The first-order valence-electron chi connectivity index (χ1n) is 9.99. The van der Waals surface area contributed by atoms with Crippen molar-refractivity contribution in [3.8, 4) is 17.6 Å². The molecule has 2 N–H and O–H groups in total. The van der Waals surface area contributed by atoms with Gasteiger partial charge >= 0.3 is 5.97 Å². The maximum absolute atomic E-state index is 12.9. The van der Waals surface area contributed by atoms with Gasteiger partial charge in [0.05, 0.1) is 19.3 Å². The summed E-state index contributed by atoms with van der Waals surface area (Å²) in [4.78, 5) is 26.5. The van der Waals surface area contributed by atoms with E-state index in [-0.39, 0.29) is 23.7 Å². The monoisotopic (exact) mass is 440 g/mol. The maximum Gasteiger partial charge on any atom is 0.341 e. The Morgan fingerprint density at radius 3 is 2.87 bits per heavy atom. The summed E-state index contributed by atoms with van der Waals surface area (Å²) in [6.45, 7) is 4.13. The lowest BCUT2D eigenvalue weighted by Gasteiger charge is -2.18. The minimum atomic E-state index is -0.619. The van der Waals surface area contributed by atoms with Gasteiger partial charge < -0.3 is 19.9 Å². The number of hydrogen-bond donors (Lipinski definition) is 2. The minimum absolute atomic E-state index is 0.0416. The third-order valence-corrected chi connectivity index (χ3v) is 6.27. The molecule has 1 aliphatic rings. The topological polar surface area (TPSA) is 109 Å². The number of aromatic hydroxyl groups is 1. The highest BCUT2D eigenvalue weighted by atomic mass is 32.1. The van der Waals surface area contributed by atoms with Gasteiger partial charge in [-0.25, -0.2) is 4.79 Å². The van der Waals surface area contributed by atoms with E-state index in [9.17, 15) is 20.0 Å². The van der Waals surface area contributed by atoms with Gasteiger partial charge in [0.15, 0.2) is 11.5 Å². The second-order valence-electron chi connectivity index (χ2n) is 7.33. The quantitative estimate of drug-likeness (QED) is 0.394. The lowest BCUT2D eigenvalue weighted by atomic mass is 9.88. The van der Waals surface area contributed by atoms with Crippen LogP contribution >= 0.6 is 11.3 Å². The molecule has 0 bridgehead atoms. The van der Waals surface area contributed by atoms with E-state index in [4.69, 9.17) is 9.47 Å². The van der Waals surface area contributed by atoms with Crippen LogP contribution in [0.25, 0.3) is 6.08 Å². The number of rotatable bonds is 6. The molecule has 1 aromatic carbocycles. The Labute approximate surface area is 184 Å². The van der Waals surface area contributed by atoms with Crippen LogP contribution in [0, 0.1) is 17.2 Å². The van der Waals surface area contributed by atoms with E-state index in [0.29, 0.717) is 22.0 Å². The number of nitriles is 1.